The lowest BCUT2D eigenvalue weighted by molar-refractivity contribution is -0.161. The van der Waals surface area contributed by atoms with Crippen LogP contribution in [0.3, 0.4) is 0 Å². The Hall–Kier alpha value is -1.94. The van der Waals surface area contributed by atoms with Crippen LogP contribution in [-0.4, -0.2) is 96.7 Å². The molecule has 690 valence electrons. The Bertz CT molecular complexity index is 2220. The first-order valence-corrected chi connectivity index (χ1v) is 52.9. The van der Waals surface area contributed by atoms with E-state index >= 15 is 0 Å². The summed E-state index contributed by atoms with van der Waals surface area (Å²) >= 11 is 0. The van der Waals surface area contributed by atoms with E-state index in [1.807, 2.05) is 0 Å². The van der Waals surface area contributed by atoms with Crippen LogP contribution in [0.4, 0.5) is 0 Å². The number of esters is 4. The third-order valence-corrected chi connectivity index (χ3v) is 25.5. The largest absolute Gasteiger partial charge is 0.472 e. The quantitative estimate of drug-likeness (QED) is 0.0222. The van der Waals surface area contributed by atoms with Crippen molar-refractivity contribution >= 4 is 39.5 Å². The molecule has 0 aliphatic heterocycles. The smallest absolute Gasteiger partial charge is 0.462 e. The van der Waals surface area contributed by atoms with Crippen LogP contribution in [0.2, 0.25) is 0 Å². The summed E-state index contributed by atoms with van der Waals surface area (Å²) in [5.41, 5.74) is 0. The predicted octanol–water partition coefficient (Wildman–Crippen LogP) is 30.4. The Morgan fingerprint density at radius 1 is 0.250 bits per heavy atom. The third kappa shape index (κ3) is 87.0. The normalized spacial score (nSPS) is 14.2. The third-order valence-electron chi connectivity index (χ3n) is 23.6. The molecule has 0 fully saturated rings. The molecule has 17 nitrogen and oxygen atoms in total. The maximum Gasteiger partial charge on any atom is 0.472 e. The summed E-state index contributed by atoms with van der Waals surface area (Å²) < 4.78 is 69.2. The average molecular weight is 1690 g/mol. The summed E-state index contributed by atoms with van der Waals surface area (Å²) in [4.78, 5) is 73.6. The Morgan fingerprint density at radius 2 is 0.440 bits per heavy atom. The molecule has 0 saturated heterocycles. The first kappa shape index (κ1) is 114. The van der Waals surface area contributed by atoms with Gasteiger partial charge in [-0.15, -0.1) is 0 Å². The highest BCUT2D eigenvalue weighted by molar-refractivity contribution is 7.47. The van der Waals surface area contributed by atoms with E-state index in [4.69, 9.17) is 37.0 Å². The molecule has 0 aliphatic rings. The lowest BCUT2D eigenvalue weighted by Gasteiger charge is -2.21. The van der Waals surface area contributed by atoms with E-state index in [1.165, 1.54) is 334 Å². The first-order chi connectivity index (χ1) is 56.3. The molecule has 19 heteroatoms. The maximum atomic E-state index is 13.2. The number of carbonyl (C=O) groups excluding carboxylic acids is 4. The monoisotopic (exact) mass is 1690 g/mol. The van der Waals surface area contributed by atoms with Crippen molar-refractivity contribution in [2.75, 3.05) is 39.6 Å². The van der Waals surface area contributed by atoms with Crippen LogP contribution in [0.1, 0.15) is 524 Å². The number of hydrogen-bond donors (Lipinski definition) is 3. The molecule has 7 atom stereocenters. The summed E-state index contributed by atoms with van der Waals surface area (Å²) in [6.45, 7) is 12.2. The van der Waals surface area contributed by atoms with Gasteiger partial charge in [-0.3, -0.25) is 37.3 Å². The molecule has 0 amide bonds. The van der Waals surface area contributed by atoms with Gasteiger partial charge in [0, 0.05) is 25.7 Å². The Morgan fingerprint density at radius 3 is 0.655 bits per heavy atom. The second kappa shape index (κ2) is 86.6. The second-order valence-corrected chi connectivity index (χ2v) is 38.7. The van der Waals surface area contributed by atoms with Crippen LogP contribution in [0.25, 0.3) is 0 Å². The van der Waals surface area contributed by atoms with Gasteiger partial charge in [0.2, 0.25) is 0 Å². The number of rotatable bonds is 95. The molecule has 0 aromatic heterocycles. The second-order valence-electron chi connectivity index (χ2n) is 35.8. The van der Waals surface area contributed by atoms with E-state index in [0.29, 0.717) is 25.7 Å². The number of hydrogen-bond acceptors (Lipinski definition) is 15. The van der Waals surface area contributed by atoms with E-state index in [0.717, 1.165) is 108 Å². The maximum absolute atomic E-state index is 13.2. The van der Waals surface area contributed by atoms with Crippen LogP contribution < -0.4 is 0 Å². The summed E-state index contributed by atoms with van der Waals surface area (Å²) in [5, 5.41) is 10.7. The Kier molecular flexibility index (Phi) is 85.1. The van der Waals surface area contributed by atoms with Crippen molar-refractivity contribution in [3.63, 3.8) is 0 Å². The molecule has 3 N–H and O–H groups in total. The van der Waals surface area contributed by atoms with E-state index in [9.17, 15) is 43.2 Å². The minimum Gasteiger partial charge on any atom is -0.462 e. The zero-order valence-corrected chi connectivity index (χ0v) is 78.8. The van der Waals surface area contributed by atoms with Crippen LogP contribution in [0.15, 0.2) is 0 Å². The number of carbonyl (C=O) groups is 4. The fourth-order valence-corrected chi connectivity index (χ4v) is 16.8. The molecule has 0 heterocycles. The van der Waals surface area contributed by atoms with Crippen molar-refractivity contribution in [3.05, 3.63) is 0 Å². The van der Waals surface area contributed by atoms with Crippen LogP contribution in [0, 0.1) is 17.8 Å². The summed E-state index contributed by atoms with van der Waals surface area (Å²) in [6.07, 6.45) is 82.0. The highest BCUT2D eigenvalue weighted by Crippen LogP contribution is 2.45. The fraction of sp³-hybridized carbons (Fsp3) is 0.959. The Balaban J connectivity index is 5.22. The molecule has 4 unspecified atom stereocenters. The number of ether oxygens (including phenoxy) is 4. The van der Waals surface area contributed by atoms with Gasteiger partial charge in [0.15, 0.2) is 12.2 Å². The predicted molar refractivity (Wildman–Crippen MR) is 483 cm³/mol. The van der Waals surface area contributed by atoms with Crippen molar-refractivity contribution in [2.24, 2.45) is 17.8 Å². The molecule has 0 spiro atoms. The van der Waals surface area contributed by atoms with Crippen molar-refractivity contribution < 1.29 is 80.2 Å². The van der Waals surface area contributed by atoms with Crippen molar-refractivity contribution in [3.8, 4) is 0 Å². The SMILES string of the molecule is CCCCCCCCCCCCCC(=O)OC[C@H](COP(=O)(O)OC[C@H](O)COP(=O)(O)OC[C@@H](COC(=O)CCCCCCCCCCCCCCCCCCCCC(C)CC)OC(=O)CCCCCCCCCCCCCCCCCCCCC(C)CC)OC(=O)CCCCCCCCCCCCCCCCCCCCC(C)C. The molecule has 0 aromatic carbocycles. The highest BCUT2D eigenvalue weighted by Gasteiger charge is 2.31. The van der Waals surface area contributed by atoms with Crippen LogP contribution >= 0.6 is 15.6 Å². The molecular formula is C97H190O17P2. The number of unbranched alkanes of at least 4 members (excludes halogenated alkanes) is 61. The zero-order valence-electron chi connectivity index (χ0n) is 77.0. The van der Waals surface area contributed by atoms with Gasteiger partial charge in [0.1, 0.15) is 19.3 Å². The van der Waals surface area contributed by atoms with E-state index in [-0.39, 0.29) is 25.7 Å². The average Bonchev–Trinajstić information content (AvgIpc) is 0.897. The van der Waals surface area contributed by atoms with E-state index in [1.54, 1.807) is 0 Å². The molecule has 0 radical (unpaired) electrons. The van der Waals surface area contributed by atoms with Gasteiger partial charge in [-0.25, -0.2) is 9.13 Å². The lowest BCUT2D eigenvalue weighted by atomic mass is 9.99. The molecule has 0 aliphatic carbocycles. The van der Waals surface area contributed by atoms with Gasteiger partial charge in [-0.05, 0) is 43.4 Å². The number of aliphatic hydroxyl groups is 1. The summed E-state index contributed by atoms with van der Waals surface area (Å²) in [7, 11) is -9.94. The lowest BCUT2D eigenvalue weighted by Crippen LogP contribution is -2.30. The minimum absolute atomic E-state index is 0.109. The number of phosphoric ester groups is 2. The van der Waals surface area contributed by atoms with Crippen molar-refractivity contribution in [1.82, 2.24) is 0 Å². The van der Waals surface area contributed by atoms with Gasteiger partial charge < -0.3 is 33.8 Å². The van der Waals surface area contributed by atoms with Crippen LogP contribution in [0.5, 0.6) is 0 Å². The van der Waals surface area contributed by atoms with Crippen LogP contribution in [-0.2, 0) is 65.4 Å². The molecule has 0 rings (SSSR count). The molecule has 0 bridgehead atoms. The zero-order chi connectivity index (χ0) is 85.0. The molecule has 0 aromatic rings. The minimum atomic E-state index is -4.97. The van der Waals surface area contributed by atoms with E-state index in [2.05, 4.69) is 48.5 Å². The summed E-state index contributed by atoms with van der Waals surface area (Å²) in [6, 6.07) is 0. The van der Waals surface area contributed by atoms with Gasteiger partial charge in [0.05, 0.1) is 26.4 Å². The van der Waals surface area contributed by atoms with Gasteiger partial charge >= 0.3 is 39.5 Å². The molecular weight excluding hydrogens is 1500 g/mol. The molecule has 116 heavy (non-hydrogen) atoms. The fourth-order valence-electron chi connectivity index (χ4n) is 15.2. The van der Waals surface area contributed by atoms with Gasteiger partial charge in [0.25, 0.3) is 0 Å². The van der Waals surface area contributed by atoms with Crippen molar-refractivity contribution in [1.29, 1.82) is 0 Å². The van der Waals surface area contributed by atoms with Gasteiger partial charge in [-0.2, -0.15) is 0 Å². The topological polar surface area (TPSA) is 237 Å². The standard InChI is InChI=1S/C97H190O17P2/c1-8-11-12-13-14-15-40-50-57-64-71-78-94(99)107-84-92(113-96(101)80-73-66-59-52-45-38-32-26-19-16-22-28-34-41-47-54-61-68-75-88(4)5)86-111-115(103,104)109-82-91(98)83-110-116(105,106)112-87-93(114-97(102)81-74-67-60-53-46-39-33-27-21-18-24-30-36-43-49-56-63-70-77-90(7)10-3)85-108-95(100)79-72-65-58-51-44-37-31-25-20-17-23-29-35-42-48-55-62-69-76-89(6)9-2/h88-93,98H,8-87H2,1-7H3,(H,103,104)(H,105,106)/t89?,90?,91-,92+,93+/m0/s1. The highest BCUT2D eigenvalue weighted by atomic mass is 31.2. The number of aliphatic hydroxyl groups excluding tert-OH is 1. The van der Waals surface area contributed by atoms with Gasteiger partial charge in [-0.1, -0.05) is 472 Å². The Labute approximate surface area is 715 Å². The number of phosphoric acid groups is 2. The molecule has 0 saturated carbocycles. The van der Waals surface area contributed by atoms with E-state index < -0.39 is 97.5 Å². The summed E-state index contributed by atoms with van der Waals surface area (Å²) in [5.74, 6) is 0.475. The van der Waals surface area contributed by atoms with Crippen molar-refractivity contribution in [2.45, 2.75) is 542 Å². The first-order valence-electron chi connectivity index (χ1n) is 49.9.